The van der Waals surface area contributed by atoms with Crippen LogP contribution in [0.4, 0.5) is 5.69 Å². The van der Waals surface area contributed by atoms with E-state index >= 15 is 0 Å². The first-order chi connectivity index (χ1) is 12.5. The molecule has 1 aliphatic rings. The lowest BCUT2D eigenvalue weighted by Crippen LogP contribution is -2.29. The van der Waals surface area contributed by atoms with Crippen molar-refractivity contribution in [2.45, 2.75) is 19.2 Å². The number of nitro groups is 1. The molecule has 6 heteroatoms. The van der Waals surface area contributed by atoms with Crippen LogP contribution in [0.1, 0.15) is 27.6 Å². The van der Waals surface area contributed by atoms with Gasteiger partial charge in [-0.05, 0) is 48.7 Å². The Kier molecular flexibility index (Phi) is 5.42. The van der Waals surface area contributed by atoms with E-state index in [1.165, 1.54) is 28.8 Å². The predicted octanol–water partition coefficient (Wildman–Crippen LogP) is 4.50. The highest BCUT2D eigenvalue weighted by atomic mass is 32.2. The molecule has 1 fully saturated rings. The maximum atomic E-state index is 12.7. The smallest absolute Gasteiger partial charge is 0.269 e. The van der Waals surface area contributed by atoms with Crippen molar-refractivity contribution >= 4 is 29.4 Å². The number of hydrogen-bond donors (Lipinski definition) is 0. The third-order valence-corrected chi connectivity index (χ3v) is 5.63. The van der Waals surface area contributed by atoms with Gasteiger partial charge in [0.15, 0.2) is 0 Å². The lowest BCUT2D eigenvalue weighted by Gasteiger charge is -2.24. The number of carbonyl (C=O) groups is 1. The van der Waals surface area contributed by atoms with Crippen molar-refractivity contribution in [2.24, 2.45) is 0 Å². The Morgan fingerprint density at radius 3 is 2.62 bits per heavy atom. The molecular weight excluding hydrogens is 348 g/mol. The fourth-order valence-electron chi connectivity index (χ4n) is 3.03. The molecule has 0 aliphatic carbocycles. The fraction of sp³-hybridized carbons (Fsp3) is 0.250. The molecule has 1 atom stereocenters. The van der Waals surface area contributed by atoms with Crippen LogP contribution < -0.4 is 0 Å². The van der Waals surface area contributed by atoms with E-state index in [0.29, 0.717) is 6.54 Å². The number of amides is 1. The highest BCUT2D eigenvalue weighted by Gasteiger charge is 2.30. The molecule has 2 aromatic carbocycles. The molecule has 1 saturated heterocycles. The van der Waals surface area contributed by atoms with Crippen molar-refractivity contribution in [3.8, 4) is 0 Å². The number of carbonyl (C=O) groups excluding carboxylic acids is 1. The van der Waals surface area contributed by atoms with Crippen LogP contribution in [0.25, 0.3) is 6.08 Å². The molecule has 1 aliphatic heterocycles. The second kappa shape index (κ2) is 7.74. The molecule has 0 bridgehead atoms. The first kappa shape index (κ1) is 18.2. The third kappa shape index (κ3) is 3.96. The zero-order valence-corrected chi connectivity index (χ0v) is 15.5. The zero-order valence-electron chi connectivity index (χ0n) is 14.7. The topological polar surface area (TPSA) is 63.5 Å². The van der Waals surface area contributed by atoms with Crippen molar-refractivity contribution in [2.75, 3.05) is 12.3 Å². The van der Waals surface area contributed by atoms with Crippen molar-refractivity contribution in [1.82, 2.24) is 4.90 Å². The molecule has 3 rings (SSSR count). The molecule has 1 heterocycles. The molecule has 0 unspecified atom stereocenters. The first-order valence-electron chi connectivity index (χ1n) is 8.37. The van der Waals surface area contributed by atoms with Crippen LogP contribution >= 0.6 is 11.8 Å². The summed E-state index contributed by atoms with van der Waals surface area (Å²) in [5.41, 5.74) is 4.39. The Labute approximate surface area is 156 Å². The quantitative estimate of drug-likeness (QED) is 0.453. The zero-order chi connectivity index (χ0) is 18.7. The lowest BCUT2D eigenvalue weighted by molar-refractivity contribution is -0.384. The van der Waals surface area contributed by atoms with E-state index in [1.807, 2.05) is 4.90 Å². The number of benzene rings is 2. The van der Waals surface area contributed by atoms with E-state index in [1.54, 1.807) is 36.0 Å². The van der Waals surface area contributed by atoms with Crippen LogP contribution in [0, 0.1) is 24.0 Å². The maximum Gasteiger partial charge on any atom is 0.269 e. The van der Waals surface area contributed by atoms with Crippen LogP contribution in [0.2, 0.25) is 0 Å². The molecule has 0 N–H and O–H groups in total. The number of rotatable bonds is 4. The monoisotopic (exact) mass is 368 g/mol. The normalized spacial score (nSPS) is 17.0. The molecule has 0 radical (unpaired) electrons. The standard InChI is InChI=1S/C20H20N2O3S/c1-14-3-9-18(15(2)13-14)20-21(11-12-26-20)19(23)10-6-16-4-7-17(8-5-16)22(24)25/h3-10,13,20H,11-12H2,1-2H3/b10-6+/t20-/m0/s1. The molecule has 0 spiro atoms. The van der Waals surface area contributed by atoms with Crippen molar-refractivity contribution < 1.29 is 9.72 Å². The van der Waals surface area contributed by atoms with Gasteiger partial charge in [-0.25, -0.2) is 0 Å². The van der Waals surface area contributed by atoms with E-state index in [-0.39, 0.29) is 17.0 Å². The van der Waals surface area contributed by atoms with E-state index in [9.17, 15) is 14.9 Å². The minimum Gasteiger partial charge on any atom is -0.322 e. The lowest BCUT2D eigenvalue weighted by atomic mass is 10.0. The van der Waals surface area contributed by atoms with Crippen LogP contribution in [-0.2, 0) is 4.79 Å². The van der Waals surface area contributed by atoms with Crippen molar-refractivity contribution in [3.05, 3.63) is 80.9 Å². The molecule has 2 aromatic rings. The molecular formula is C20H20N2O3S. The van der Waals surface area contributed by atoms with Crippen LogP contribution in [-0.4, -0.2) is 28.0 Å². The Balaban J connectivity index is 1.74. The number of nitrogens with zero attached hydrogens (tertiary/aromatic N) is 2. The highest BCUT2D eigenvalue weighted by molar-refractivity contribution is 7.99. The number of non-ortho nitro benzene ring substituents is 1. The van der Waals surface area contributed by atoms with E-state index in [2.05, 4.69) is 32.0 Å². The van der Waals surface area contributed by atoms with Crippen molar-refractivity contribution in [3.63, 3.8) is 0 Å². The average Bonchev–Trinajstić information content (AvgIpc) is 3.09. The van der Waals surface area contributed by atoms with Gasteiger partial charge in [-0.1, -0.05) is 23.8 Å². The number of thioether (sulfide) groups is 1. The van der Waals surface area contributed by atoms with Gasteiger partial charge in [-0.2, -0.15) is 0 Å². The molecule has 0 aromatic heterocycles. The molecule has 1 amide bonds. The van der Waals surface area contributed by atoms with Gasteiger partial charge >= 0.3 is 0 Å². The number of aryl methyl sites for hydroxylation is 2. The van der Waals surface area contributed by atoms with Crippen molar-refractivity contribution in [1.29, 1.82) is 0 Å². The predicted molar refractivity (Wildman–Crippen MR) is 105 cm³/mol. The summed E-state index contributed by atoms with van der Waals surface area (Å²) in [4.78, 5) is 24.8. The van der Waals surface area contributed by atoms with Gasteiger partial charge in [0, 0.05) is 30.5 Å². The van der Waals surface area contributed by atoms with E-state index < -0.39 is 4.92 Å². The first-order valence-corrected chi connectivity index (χ1v) is 9.42. The summed E-state index contributed by atoms with van der Waals surface area (Å²) in [5, 5.41) is 10.7. The summed E-state index contributed by atoms with van der Waals surface area (Å²) in [6.45, 7) is 4.86. The fourth-order valence-corrected chi connectivity index (χ4v) is 4.39. The molecule has 26 heavy (non-hydrogen) atoms. The Morgan fingerprint density at radius 2 is 1.96 bits per heavy atom. The molecule has 134 valence electrons. The summed E-state index contributed by atoms with van der Waals surface area (Å²) in [6.07, 6.45) is 3.25. The van der Waals surface area contributed by atoms with Crippen LogP contribution in [0.15, 0.2) is 48.5 Å². The van der Waals surface area contributed by atoms with Crippen LogP contribution in [0.5, 0.6) is 0 Å². The average molecular weight is 368 g/mol. The Hall–Kier alpha value is -2.60. The van der Waals surface area contributed by atoms with Gasteiger partial charge in [-0.15, -0.1) is 11.8 Å². The van der Waals surface area contributed by atoms with E-state index in [4.69, 9.17) is 0 Å². The summed E-state index contributed by atoms with van der Waals surface area (Å²) >= 11 is 1.77. The van der Waals surface area contributed by atoms with Gasteiger partial charge in [0.2, 0.25) is 5.91 Å². The maximum absolute atomic E-state index is 12.7. The molecule has 0 saturated carbocycles. The van der Waals surface area contributed by atoms with Gasteiger partial charge in [-0.3, -0.25) is 14.9 Å². The van der Waals surface area contributed by atoms with Gasteiger partial charge in [0.25, 0.3) is 5.69 Å². The van der Waals surface area contributed by atoms with Crippen LogP contribution in [0.3, 0.4) is 0 Å². The SMILES string of the molecule is Cc1ccc([C@@H]2SCCN2C(=O)/C=C/c2ccc([N+](=O)[O-])cc2)c(C)c1. The van der Waals surface area contributed by atoms with Gasteiger partial charge < -0.3 is 4.90 Å². The highest BCUT2D eigenvalue weighted by Crippen LogP contribution is 2.39. The third-order valence-electron chi connectivity index (χ3n) is 4.39. The van der Waals surface area contributed by atoms with Gasteiger partial charge in [0.1, 0.15) is 5.37 Å². The summed E-state index contributed by atoms with van der Waals surface area (Å²) in [6, 6.07) is 12.5. The van der Waals surface area contributed by atoms with E-state index in [0.717, 1.165) is 11.3 Å². The molecule has 5 nitrogen and oxygen atoms in total. The Bertz CT molecular complexity index is 862. The number of nitro benzene ring substituents is 1. The van der Waals surface area contributed by atoms with Gasteiger partial charge in [0.05, 0.1) is 4.92 Å². The second-order valence-corrected chi connectivity index (χ2v) is 7.48. The number of hydrogen-bond acceptors (Lipinski definition) is 4. The minimum atomic E-state index is -0.436. The minimum absolute atomic E-state index is 0.0320. The second-order valence-electron chi connectivity index (χ2n) is 6.30. The Morgan fingerprint density at radius 1 is 1.23 bits per heavy atom. The summed E-state index contributed by atoms with van der Waals surface area (Å²) in [7, 11) is 0. The largest absolute Gasteiger partial charge is 0.322 e. The summed E-state index contributed by atoms with van der Waals surface area (Å²) in [5.74, 6) is 0.869. The summed E-state index contributed by atoms with van der Waals surface area (Å²) < 4.78 is 0.